The summed E-state index contributed by atoms with van der Waals surface area (Å²) in [5, 5.41) is 2.56. The standard InChI is InChI=1S/C11H6ClF4N3/c12-7-2-1-6(11(14,15)16)3-8(7)19-10-4-9(13)17-5-18-10/h1-5H,(H,17,18,19). The molecule has 2 aromatic rings. The lowest BCUT2D eigenvalue weighted by Gasteiger charge is -2.11. The van der Waals surface area contributed by atoms with Crippen LogP contribution in [0, 0.1) is 5.95 Å². The number of hydrogen-bond acceptors (Lipinski definition) is 3. The summed E-state index contributed by atoms with van der Waals surface area (Å²) >= 11 is 5.77. The van der Waals surface area contributed by atoms with E-state index in [0.29, 0.717) is 0 Å². The van der Waals surface area contributed by atoms with Gasteiger partial charge in [-0.05, 0) is 18.2 Å². The van der Waals surface area contributed by atoms with Crippen molar-refractivity contribution in [2.24, 2.45) is 0 Å². The van der Waals surface area contributed by atoms with Crippen LogP contribution in [0.3, 0.4) is 0 Å². The van der Waals surface area contributed by atoms with E-state index in [1.54, 1.807) is 0 Å². The Hall–Kier alpha value is -1.89. The number of anilines is 2. The zero-order chi connectivity index (χ0) is 14.0. The van der Waals surface area contributed by atoms with Crippen LogP contribution >= 0.6 is 11.6 Å². The molecule has 0 bridgehead atoms. The number of rotatable bonds is 2. The third-order valence-corrected chi connectivity index (χ3v) is 2.52. The van der Waals surface area contributed by atoms with Crippen molar-refractivity contribution in [3.63, 3.8) is 0 Å². The highest BCUT2D eigenvalue weighted by Gasteiger charge is 2.31. The van der Waals surface area contributed by atoms with E-state index < -0.39 is 17.7 Å². The van der Waals surface area contributed by atoms with Gasteiger partial charge >= 0.3 is 6.18 Å². The Morgan fingerprint density at radius 2 is 1.84 bits per heavy atom. The Morgan fingerprint density at radius 1 is 1.11 bits per heavy atom. The molecule has 0 saturated heterocycles. The second-order valence-corrected chi connectivity index (χ2v) is 3.95. The number of hydrogen-bond donors (Lipinski definition) is 1. The second-order valence-electron chi connectivity index (χ2n) is 3.54. The molecule has 0 aliphatic carbocycles. The fraction of sp³-hybridized carbons (Fsp3) is 0.0909. The van der Waals surface area contributed by atoms with Gasteiger partial charge in [-0.3, -0.25) is 0 Å². The molecule has 0 saturated carbocycles. The first-order valence-corrected chi connectivity index (χ1v) is 5.35. The quantitative estimate of drug-likeness (QED) is 0.670. The molecule has 0 unspecified atom stereocenters. The fourth-order valence-corrected chi connectivity index (χ4v) is 1.50. The maximum absolute atomic E-state index is 12.8. The molecule has 19 heavy (non-hydrogen) atoms. The number of aromatic nitrogens is 2. The Labute approximate surface area is 110 Å². The van der Waals surface area contributed by atoms with Crippen LogP contribution in [0.15, 0.2) is 30.6 Å². The fourth-order valence-electron chi connectivity index (χ4n) is 1.34. The summed E-state index contributed by atoms with van der Waals surface area (Å²) < 4.78 is 50.5. The number of benzene rings is 1. The number of halogens is 5. The van der Waals surface area contributed by atoms with Gasteiger partial charge in [-0.1, -0.05) is 11.6 Å². The van der Waals surface area contributed by atoms with Crippen molar-refractivity contribution in [2.45, 2.75) is 6.18 Å². The highest BCUT2D eigenvalue weighted by Crippen LogP contribution is 2.34. The highest BCUT2D eigenvalue weighted by molar-refractivity contribution is 6.33. The van der Waals surface area contributed by atoms with Crippen LogP contribution in [0.5, 0.6) is 0 Å². The van der Waals surface area contributed by atoms with Crippen molar-refractivity contribution in [3.05, 3.63) is 47.1 Å². The van der Waals surface area contributed by atoms with E-state index in [0.717, 1.165) is 30.6 Å². The van der Waals surface area contributed by atoms with Gasteiger partial charge < -0.3 is 5.32 Å². The lowest BCUT2D eigenvalue weighted by atomic mass is 10.2. The van der Waals surface area contributed by atoms with Crippen molar-refractivity contribution in [3.8, 4) is 0 Å². The van der Waals surface area contributed by atoms with Crippen LogP contribution in [0.4, 0.5) is 29.1 Å². The number of alkyl halides is 3. The highest BCUT2D eigenvalue weighted by atomic mass is 35.5. The minimum Gasteiger partial charge on any atom is -0.339 e. The molecular formula is C11H6ClF4N3. The monoisotopic (exact) mass is 291 g/mol. The van der Waals surface area contributed by atoms with E-state index in [2.05, 4.69) is 15.3 Å². The summed E-state index contributed by atoms with van der Waals surface area (Å²) in [6, 6.07) is 3.72. The van der Waals surface area contributed by atoms with Crippen LogP contribution in [0.2, 0.25) is 5.02 Å². The van der Waals surface area contributed by atoms with Crippen molar-refractivity contribution in [1.82, 2.24) is 9.97 Å². The van der Waals surface area contributed by atoms with E-state index in [1.807, 2.05) is 0 Å². The average molecular weight is 292 g/mol. The van der Waals surface area contributed by atoms with Gasteiger partial charge in [0, 0.05) is 6.07 Å². The summed E-state index contributed by atoms with van der Waals surface area (Å²) in [4.78, 5) is 6.90. The van der Waals surface area contributed by atoms with E-state index in [-0.39, 0.29) is 16.5 Å². The van der Waals surface area contributed by atoms with Crippen molar-refractivity contribution in [1.29, 1.82) is 0 Å². The summed E-state index contributed by atoms with van der Waals surface area (Å²) in [5.74, 6) is -0.797. The molecule has 0 radical (unpaired) electrons. The molecule has 8 heteroatoms. The summed E-state index contributed by atoms with van der Waals surface area (Å²) in [5.41, 5.74) is -0.886. The largest absolute Gasteiger partial charge is 0.416 e. The van der Waals surface area contributed by atoms with Gasteiger partial charge in [-0.2, -0.15) is 17.6 Å². The van der Waals surface area contributed by atoms with E-state index in [4.69, 9.17) is 11.6 Å². The van der Waals surface area contributed by atoms with Gasteiger partial charge in [-0.15, -0.1) is 0 Å². The number of nitrogens with zero attached hydrogens (tertiary/aromatic N) is 2. The van der Waals surface area contributed by atoms with Crippen LogP contribution < -0.4 is 5.32 Å². The second kappa shape index (κ2) is 5.00. The van der Waals surface area contributed by atoms with Gasteiger partial charge in [0.25, 0.3) is 0 Å². The van der Waals surface area contributed by atoms with Crippen LogP contribution in [0.1, 0.15) is 5.56 Å². The minimum absolute atomic E-state index is 0.00808. The summed E-state index contributed by atoms with van der Waals surface area (Å²) in [6.45, 7) is 0. The Balaban J connectivity index is 2.34. The molecule has 3 nitrogen and oxygen atoms in total. The Bertz CT molecular complexity index is 601. The smallest absolute Gasteiger partial charge is 0.339 e. The molecule has 0 aliphatic heterocycles. The van der Waals surface area contributed by atoms with Gasteiger partial charge in [0.15, 0.2) is 0 Å². The first-order valence-electron chi connectivity index (χ1n) is 4.97. The predicted octanol–water partition coefficient (Wildman–Crippen LogP) is 4.03. The molecule has 1 aromatic heterocycles. The zero-order valence-electron chi connectivity index (χ0n) is 9.17. The van der Waals surface area contributed by atoms with Gasteiger partial charge in [0.2, 0.25) is 5.95 Å². The van der Waals surface area contributed by atoms with Crippen LogP contribution in [-0.2, 0) is 6.18 Å². The zero-order valence-corrected chi connectivity index (χ0v) is 9.93. The van der Waals surface area contributed by atoms with E-state index in [1.165, 1.54) is 0 Å². The maximum Gasteiger partial charge on any atom is 0.416 e. The summed E-state index contributed by atoms with van der Waals surface area (Å²) in [6.07, 6.45) is -3.54. The van der Waals surface area contributed by atoms with Crippen LogP contribution in [0.25, 0.3) is 0 Å². The molecule has 0 amide bonds. The molecule has 0 aliphatic rings. The molecule has 100 valence electrons. The predicted molar refractivity (Wildman–Crippen MR) is 61.7 cm³/mol. The third-order valence-electron chi connectivity index (χ3n) is 2.19. The first kappa shape index (κ1) is 13.5. The maximum atomic E-state index is 12.8. The molecule has 1 heterocycles. The third kappa shape index (κ3) is 3.31. The van der Waals surface area contributed by atoms with E-state index >= 15 is 0 Å². The molecule has 0 atom stereocenters. The van der Waals surface area contributed by atoms with E-state index in [9.17, 15) is 17.6 Å². The normalized spacial score (nSPS) is 11.4. The SMILES string of the molecule is Fc1cc(Nc2cc(C(F)(F)F)ccc2Cl)ncn1. The molecule has 1 N–H and O–H groups in total. The molecule has 0 fully saturated rings. The van der Waals surface area contributed by atoms with Crippen LogP contribution in [-0.4, -0.2) is 9.97 Å². The number of nitrogens with one attached hydrogen (secondary N) is 1. The van der Waals surface area contributed by atoms with Gasteiger partial charge in [0.05, 0.1) is 16.3 Å². The summed E-state index contributed by atoms with van der Waals surface area (Å²) in [7, 11) is 0. The molecule has 2 rings (SSSR count). The van der Waals surface area contributed by atoms with Crippen molar-refractivity contribution in [2.75, 3.05) is 5.32 Å². The average Bonchev–Trinajstić information content (AvgIpc) is 2.30. The van der Waals surface area contributed by atoms with Gasteiger partial charge in [-0.25, -0.2) is 9.97 Å². The molecule has 0 spiro atoms. The first-order chi connectivity index (χ1) is 8.86. The minimum atomic E-state index is -4.49. The van der Waals surface area contributed by atoms with Crippen molar-refractivity contribution >= 4 is 23.1 Å². The topological polar surface area (TPSA) is 37.8 Å². The molecule has 1 aromatic carbocycles. The molecular weight excluding hydrogens is 286 g/mol. The van der Waals surface area contributed by atoms with Gasteiger partial charge in [0.1, 0.15) is 12.1 Å². The van der Waals surface area contributed by atoms with Crippen molar-refractivity contribution < 1.29 is 17.6 Å². The Morgan fingerprint density at radius 3 is 2.47 bits per heavy atom. The lowest BCUT2D eigenvalue weighted by molar-refractivity contribution is -0.137. The Kier molecular flexibility index (Phi) is 3.57. The lowest BCUT2D eigenvalue weighted by Crippen LogP contribution is -2.06.